The highest BCUT2D eigenvalue weighted by atomic mass is 16.5. The van der Waals surface area contributed by atoms with E-state index in [9.17, 15) is 9.59 Å². The summed E-state index contributed by atoms with van der Waals surface area (Å²) in [5.74, 6) is 1.12. The minimum atomic E-state index is -0.422. The molecule has 2 amide bonds. The highest BCUT2D eigenvalue weighted by molar-refractivity contribution is 6.22. The van der Waals surface area contributed by atoms with Gasteiger partial charge in [-0.15, -0.1) is 0 Å². The monoisotopic (exact) mass is 394 g/mol. The summed E-state index contributed by atoms with van der Waals surface area (Å²) >= 11 is 0. The van der Waals surface area contributed by atoms with E-state index in [0.717, 1.165) is 24.9 Å². The SMILES string of the molecule is CCc1ccc(N2C(=O)C[C@H](N3CCc4cc(OC)c(OC)cc4C3)C2=O)cc1. The fourth-order valence-electron chi connectivity index (χ4n) is 4.22. The summed E-state index contributed by atoms with van der Waals surface area (Å²) in [6.45, 7) is 3.42. The molecule has 0 unspecified atom stereocenters. The second-order valence-electron chi connectivity index (χ2n) is 7.50. The van der Waals surface area contributed by atoms with Gasteiger partial charge in [0.25, 0.3) is 5.91 Å². The van der Waals surface area contributed by atoms with Crippen molar-refractivity contribution in [2.45, 2.75) is 38.8 Å². The van der Waals surface area contributed by atoms with Gasteiger partial charge in [-0.1, -0.05) is 19.1 Å². The fourth-order valence-corrected chi connectivity index (χ4v) is 4.22. The zero-order valence-electron chi connectivity index (χ0n) is 17.1. The van der Waals surface area contributed by atoms with Crippen molar-refractivity contribution in [1.82, 2.24) is 4.90 Å². The summed E-state index contributed by atoms with van der Waals surface area (Å²) in [7, 11) is 3.25. The smallest absolute Gasteiger partial charge is 0.251 e. The number of methoxy groups -OCH3 is 2. The van der Waals surface area contributed by atoms with E-state index in [1.807, 2.05) is 36.4 Å². The average molecular weight is 394 g/mol. The van der Waals surface area contributed by atoms with Crippen molar-refractivity contribution in [3.05, 3.63) is 53.1 Å². The van der Waals surface area contributed by atoms with Gasteiger partial charge in [0.2, 0.25) is 5.91 Å². The second kappa shape index (κ2) is 7.87. The van der Waals surface area contributed by atoms with Crippen LogP contribution in [0.5, 0.6) is 11.5 Å². The van der Waals surface area contributed by atoms with E-state index >= 15 is 0 Å². The van der Waals surface area contributed by atoms with Gasteiger partial charge in [-0.2, -0.15) is 0 Å². The minimum absolute atomic E-state index is 0.136. The van der Waals surface area contributed by atoms with Crippen LogP contribution in [0.1, 0.15) is 30.0 Å². The molecular weight excluding hydrogens is 368 g/mol. The molecule has 2 aliphatic rings. The Morgan fingerprint density at radius 1 is 1.00 bits per heavy atom. The maximum Gasteiger partial charge on any atom is 0.251 e. The van der Waals surface area contributed by atoms with Gasteiger partial charge < -0.3 is 9.47 Å². The molecule has 0 radical (unpaired) electrons. The van der Waals surface area contributed by atoms with Gasteiger partial charge in [-0.05, 0) is 53.8 Å². The van der Waals surface area contributed by atoms with Gasteiger partial charge >= 0.3 is 0 Å². The summed E-state index contributed by atoms with van der Waals surface area (Å²) in [6, 6.07) is 11.2. The van der Waals surface area contributed by atoms with Crippen molar-refractivity contribution in [3.63, 3.8) is 0 Å². The first-order valence-electron chi connectivity index (χ1n) is 9.99. The van der Waals surface area contributed by atoms with Crippen LogP contribution in [0, 0.1) is 0 Å². The molecule has 1 saturated heterocycles. The molecular formula is C23H26N2O4. The Labute approximate surface area is 171 Å². The van der Waals surface area contributed by atoms with E-state index in [1.54, 1.807) is 14.2 Å². The van der Waals surface area contributed by atoms with Gasteiger partial charge in [0.1, 0.15) is 0 Å². The average Bonchev–Trinajstić information content (AvgIpc) is 3.06. The van der Waals surface area contributed by atoms with Gasteiger partial charge in [0.15, 0.2) is 11.5 Å². The zero-order valence-corrected chi connectivity index (χ0v) is 17.1. The van der Waals surface area contributed by atoms with Crippen LogP contribution < -0.4 is 14.4 Å². The molecule has 6 heteroatoms. The Kier molecular flexibility index (Phi) is 5.28. The standard InChI is InChI=1S/C23H26N2O4/c1-4-15-5-7-18(8-6-15)25-22(26)13-19(23(25)27)24-10-9-16-11-20(28-2)21(29-3)12-17(16)14-24/h5-8,11-12,19H,4,9-10,13-14H2,1-3H3/t19-/m0/s1. The van der Waals surface area contributed by atoms with Crippen molar-refractivity contribution in [1.29, 1.82) is 0 Å². The van der Waals surface area contributed by atoms with E-state index < -0.39 is 6.04 Å². The maximum atomic E-state index is 13.1. The van der Waals surface area contributed by atoms with Crippen molar-refractivity contribution in [2.24, 2.45) is 0 Å². The van der Waals surface area contributed by atoms with Crippen LogP contribution >= 0.6 is 0 Å². The van der Waals surface area contributed by atoms with Crippen molar-refractivity contribution >= 4 is 17.5 Å². The number of nitrogens with zero attached hydrogens (tertiary/aromatic N) is 2. The normalized spacial score (nSPS) is 19.4. The molecule has 2 heterocycles. The molecule has 0 saturated carbocycles. The van der Waals surface area contributed by atoms with Crippen LogP contribution in [-0.2, 0) is 29.0 Å². The van der Waals surface area contributed by atoms with E-state index in [4.69, 9.17) is 9.47 Å². The highest BCUT2D eigenvalue weighted by Crippen LogP contribution is 2.35. The number of rotatable bonds is 5. The molecule has 2 aromatic carbocycles. The molecule has 1 fully saturated rings. The van der Waals surface area contributed by atoms with Crippen LogP contribution in [0.4, 0.5) is 5.69 Å². The summed E-state index contributed by atoms with van der Waals surface area (Å²) < 4.78 is 10.8. The van der Waals surface area contributed by atoms with E-state index in [1.165, 1.54) is 16.0 Å². The molecule has 1 atom stereocenters. The Morgan fingerprint density at radius 3 is 2.28 bits per heavy atom. The Balaban J connectivity index is 1.55. The Hall–Kier alpha value is -2.86. The highest BCUT2D eigenvalue weighted by Gasteiger charge is 2.43. The van der Waals surface area contributed by atoms with Gasteiger partial charge in [0.05, 0.1) is 32.4 Å². The molecule has 6 nitrogen and oxygen atoms in total. The Morgan fingerprint density at radius 2 is 1.66 bits per heavy atom. The third-order valence-corrected chi connectivity index (χ3v) is 5.91. The number of imide groups is 1. The molecule has 0 bridgehead atoms. The number of benzene rings is 2. The lowest BCUT2D eigenvalue weighted by Crippen LogP contribution is -2.44. The van der Waals surface area contributed by atoms with Crippen LogP contribution in [0.3, 0.4) is 0 Å². The van der Waals surface area contributed by atoms with Crippen molar-refractivity contribution in [3.8, 4) is 11.5 Å². The van der Waals surface area contributed by atoms with E-state index in [-0.39, 0.29) is 18.2 Å². The first kappa shape index (κ1) is 19.5. The van der Waals surface area contributed by atoms with Crippen molar-refractivity contribution in [2.75, 3.05) is 25.7 Å². The quantitative estimate of drug-likeness (QED) is 0.730. The largest absolute Gasteiger partial charge is 0.493 e. The molecule has 2 aromatic rings. The number of carbonyl (C=O) groups is 2. The number of fused-ring (bicyclic) bond motifs is 1. The van der Waals surface area contributed by atoms with E-state index in [2.05, 4.69) is 11.8 Å². The van der Waals surface area contributed by atoms with Crippen LogP contribution in [0.2, 0.25) is 0 Å². The summed E-state index contributed by atoms with van der Waals surface area (Å²) in [6.07, 6.45) is 1.95. The third-order valence-electron chi connectivity index (χ3n) is 5.91. The zero-order chi connectivity index (χ0) is 20.5. The predicted molar refractivity (Wildman–Crippen MR) is 110 cm³/mol. The topological polar surface area (TPSA) is 59.1 Å². The first-order valence-corrected chi connectivity index (χ1v) is 9.99. The number of ether oxygens (including phenoxy) is 2. The van der Waals surface area contributed by atoms with Crippen LogP contribution in [0.15, 0.2) is 36.4 Å². The van der Waals surface area contributed by atoms with E-state index in [0.29, 0.717) is 23.7 Å². The number of amides is 2. The molecule has 0 spiro atoms. The molecule has 29 heavy (non-hydrogen) atoms. The molecule has 0 aliphatic carbocycles. The Bertz CT molecular complexity index is 939. The fraction of sp³-hybridized carbons (Fsp3) is 0.391. The van der Waals surface area contributed by atoms with Crippen molar-refractivity contribution < 1.29 is 19.1 Å². The number of carbonyl (C=O) groups excluding carboxylic acids is 2. The molecule has 0 aromatic heterocycles. The minimum Gasteiger partial charge on any atom is -0.493 e. The number of anilines is 1. The first-order chi connectivity index (χ1) is 14.0. The van der Waals surface area contributed by atoms with Gasteiger partial charge in [-0.25, -0.2) is 4.90 Å². The predicted octanol–water partition coefficient (Wildman–Crippen LogP) is 2.96. The number of hydrogen-bond acceptors (Lipinski definition) is 5. The third kappa shape index (κ3) is 3.49. The summed E-state index contributed by atoms with van der Waals surface area (Å²) in [4.78, 5) is 29.2. The molecule has 2 aliphatic heterocycles. The summed E-state index contributed by atoms with van der Waals surface area (Å²) in [5.41, 5.74) is 4.15. The van der Waals surface area contributed by atoms with Crippen LogP contribution in [0.25, 0.3) is 0 Å². The lowest BCUT2D eigenvalue weighted by Gasteiger charge is -2.32. The molecule has 4 rings (SSSR count). The van der Waals surface area contributed by atoms with Gasteiger partial charge in [0, 0.05) is 13.1 Å². The molecule has 152 valence electrons. The second-order valence-corrected chi connectivity index (χ2v) is 7.50. The maximum absolute atomic E-state index is 13.1. The van der Waals surface area contributed by atoms with Gasteiger partial charge in [-0.3, -0.25) is 14.5 Å². The lowest BCUT2D eigenvalue weighted by molar-refractivity contribution is -0.123. The summed E-state index contributed by atoms with van der Waals surface area (Å²) in [5, 5.41) is 0. The number of aryl methyl sites for hydroxylation is 1. The molecule has 0 N–H and O–H groups in total. The lowest BCUT2D eigenvalue weighted by atomic mass is 9.97. The number of hydrogen-bond donors (Lipinski definition) is 0. The van der Waals surface area contributed by atoms with Crippen LogP contribution in [-0.4, -0.2) is 43.5 Å².